The third kappa shape index (κ3) is 4.95. The first-order valence-corrected chi connectivity index (χ1v) is 10.7. The zero-order chi connectivity index (χ0) is 21.8. The van der Waals surface area contributed by atoms with Crippen molar-refractivity contribution in [3.63, 3.8) is 0 Å². The Labute approximate surface area is 182 Å². The summed E-state index contributed by atoms with van der Waals surface area (Å²) in [5.41, 5.74) is 4.43. The molecule has 1 aliphatic heterocycles. The maximum Gasteiger partial charge on any atom is 0.279 e. The molecule has 2 heterocycles. The number of amides is 1. The minimum Gasteiger partial charge on any atom is -0.378 e. The molecule has 1 aromatic heterocycles. The highest BCUT2D eigenvalue weighted by molar-refractivity contribution is 6.09. The van der Waals surface area contributed by atoms with Crippen molar-refractivity contribution in [2.24, 2.45) is 0 Å². The fourth-order valence-corrected chi connectivity index (χ4v) is 4.12. The fraction of sp³-hybridized carbons (Fsp3) is 0.333. The number of H-pyrrole nitrogens is 1. The smallest absolute Gasteiger partial charge is 0.279 e. The van der Waals surface area contributed by atoms with Gasteiger partial charge >= 0.3 is 0 Å². The number of nitrogens with one attached hydrogen (secondary N) is 3. The summed E-state index contributed by atoms with van der Waals surface area (Å²) < 4.78 is 5.39. The molecule has 31 heavy (non-hydrogen) atoms. The van der Waals surface area contributed by atoms with E-state index in [1.807, 2.05) is 62.5 Å². The lowest BCUT2D eigenvalue weighted by Gasteiger charge is -2.28. The standard InChI is InChI=1S/C24H28N4O3/c1-17-24(20-5-3-4-6-21(20)25-17)22(29)15-27(2)16-23(30)26-18-7-9-19(10-8-18)28-11-13-31-14-12-28/h3-10,25H,11-16H2,1-2H3,(H,26,30)/p+1. The Hall–Kier alpha value is -3.16. The minimum absolute atomic E-state index is 0.0371. The third-order valence-electron chi connectivity index (χ3n) is 5.62. The SMILES string of the molecule is Cc1[nH]c2ccccc2c1C(=O)C[NH+](C)CC(=O)Nc1ccc(N2CCOCC2)cc1. The van der Waals surface area contributed by atoms with Gasteiger partial charge in [0.1, 0.15) is 6.54 Å². The summed E-state index contributed by atoms with van der Waals surface area (Å²) in [5.74, 6) is -0.0739. The Kier molecular flexibility index (Phi) is 6.34. The van der Waals surface area contributed by atoms with Gasteiger partial charge in [0.15, 0.2) is 6.54 Å². The molecule has 1 amide bonds. The Morgan fingerprint density at radius 1 is 1.06 bits per heavy atom. The van der Waals surface area contributed by atoms with Crippen LogP contribution in [0, 0.1) is 6.92 Å². The van der Waals surface area contributed by atoms with Crippen molar-refractivity contribution in [1.82, 2.24) is 4.98 Å². The number of Topliss-reactive ketones (excluding diaryl/α,β-unsaturated/α-hetero) is 1. The summed E-state index contributed by atoms with van der Waals surface area (Å²) in [5, 5.41) is 3.86. The van der Waals surface area contributed by atoms with Crippen molar-refractivity contribution < 1.29 is 19.2 Å². The molecule has 1 atom stereocenters. The number of morpholine rings is 1. The average Bonchev–Trinajstić information content (AvgIpc) is 3.10. The Balaban J connectivity index is 1.32. The maximum atomic E-state index is 12.9. The number of anilines is 2. The monoisotopic (exact) mass is 421 g/mol. The van der Waals surface area contributed by atoms with Crippen LogP contribution in [0.15, 0.2) is 48.5 Å². The van der Waals surface area contributed by atoms with Gasteiger partial charge in [-0.2, -0.15) is 0 Å². The molecule has 1 unspecified atom stereocenters. The van der Waals surface area contributed by atoms with E-state index in [4.69, 9.17) is 4.74 Å². The number of carbonyl (C=O) groups excluding carboxylic acids is 2. The topological polar surface area (TPSA) is 78.9 Å². The van der Waals surface area contributed by atoms with Gasteiger partial charge in [-0.05, 0) is 37.3 Å². The molecule has 1 aliphatic rings. The number of benzene rings is 2. The van der Waals surface area contributed by atoms with Crippen molar-refractivity contribution in [3.8, 4) is 0 Å². The first kappa shape index (κ1) is 21.1. The van der Waals surface area contributed by atoms with Gasteiger partial charge in [-0.3, -0.25) is 9.59 Å². The number of likely N-dealkylation sites (N-methyl/N-ethyl adjacent to an activating group) is 1. The van der Waals surface area contributed by atoms with Crippen LogP contribution in [0.2, 0.25) is 0 Å². The van der Waals surface area contributed by atoms with Crippen molar-refractivity contribution in [3.05, 3.63) is 59.8 Å². The first-order valence-electron chi connectivity index (χ1n) is 10.7. The van der Waals surface area contributed by atoms with Crippen LogP contribution in [0.4, 0.5) is 11.4 Å². The molecule has 7 heteroatoms. The number of para-hydroxylation sites is 1. The van der Waals surface area contributed by atoms with Crippen LogP contribution in [0.5, 0.6) is 0 Å². The molecular weight excluding hydrogens is 392 g/mol. The van der Waals surface area contributed by atoms with E-state index in [-0.39, 0.29) is 24.8 Å². The van der Waals surface area contributed by atoms with E-state index in [9.17, 15) is 9.59 Å². The molecule has 3 N–H and O–H groups in total. The number of aromatic nitrogens is 1. The highest BCUT2D eigenvalue weighted by Crippen LogP contribution is 2.22. The van der Waals surface area contributed by atoms with Crippen LogP contribution in [0.1, 0.15) is 16.1 Å². The molecule has 2 aromatic carbocycles. The number of hydrogen-bond acceptors (Lipinski definition) is 4. The van der Waals surface area contributed by atoms with E-state index < -0.39 is 0 Å². The molecule has 0 aliphatic carbocycles. The van der Waals surface area contributed by atoms with Crippen LogP contribution >= 0.6 is 0 Å². The van der Waals surface area contributed by atoms with Crippen LogP contribution in [0.25, 0.3) is 10.9 Å². The average molecular weight is 422 g/mol. The Morgan fingerprint density at radius 3 is 2.52 bits per heavy atom. The first-order chi connectivity index (χ1) is 15.0. The lowest BCUT2D eigenvalue weighted by atomic mass is 10.1. The molecule has 0 saturated carbocycles. The highest BCUT2D eigenvalue weighted by Gasteiger charge is 2.21. The maximum absolute atomic E-state index is 12.9. The minimum atomic E-state index is -0.111. The summed E-state index contributed by atoms with van der Waals surface area (Å²) in [6.45, 7) is 5.63. The van der Waals surface area contributed by atoms with Gasteiger partial charge in [-0.15, -0.1) is 0 Å². The zero-order valence-corrected chi connectivity index (χ0v) is 18.0. The lowest BCUT2D eigenvalue weighted by molar-refractivity contribution is -0.861. The van der Waals surface area contributed by atoms with E-state index >= 15 is 0 Å². The number of ether oxygens (including phenoxy) is 1. The molecule has 1 saturated heterocycles. The summed E-state index contributed by atoms with van der Waals surface area (Å²) in [6, 6.07) is 15.7. The molecule has 1 fully saturated rings. The van der Waals surface area contributed by atoms with Crippen LogP contribution in [-0.2, 0) is 9.53 Å². The molecule has 0 radical (unpaired) electrons. The number of aromatic amines is 1. The van der Waals surface area contributed by atoms with E-state index in [2.05, 4.69) is 15.2 Å². The van der Waals surface area contributed by atoms with Crippen LogP contribution in [-0.4, -0.2) is 63.1 Å². The highest BCUT2D eigenvalue weighted by atomic mass is 16.5. The summed E-state index contributed by atoms with van der Waals surface area (Å²) >= 11 is 0. The normalized spacial score (nSPS) is 15.1. The van der Waals surface area contributed by atoms with Gasteiger partial charge in [0.05, 0.1) is 25.8 Å². The largest absolute Gasteiger partial charge is 0.378 e. The molecule has 3 aromatic rings. The fourth-order valence-electron chi connectivity index (χ4n) is 4.12. The predicted molar refractivity (Wildman–Crippen MR) is 122 cm³/mol. The second kappa shape index (κ2) is 9.32. The van der Waals surface area contributed by atoms with E-state index in [0.717, 1.165) is 59.2 Å². The van der Waals surface area contributed by atoms with Gasteiger partial charge < -0.3 is 24.8 Å². The lowest BCUT2D eigenvalue weighted by Crippen LogP contribution is -3.11. The zero-order valence-electron chi connectivity index (χ0n) is 18.0. The van der Waals surface area contributed by atoms with Crippen molar-refractivity contribution in [2.75, 3.05) is 56.7 Å². The molecule has 7 nitrogen and oxygen atoms in total. The van der Waals surface area contributed by atoms with E-state index in [1.165, 1.54) is 0 Å². The molecule has 0 spiro atoms. The van der Waals surface area contributed by atoms with Gasteiger partial charge in [0.2, 0.25) is 5.78 Å². The van der Waals surface area contributed by atoms with E-state index in [0.29, 0.717) is 5.56 Å². The quantitative estimate of drug-likeness (QED) is 0.507. The number of fused-ring (bicyclic) bond motifs is 1. The predicted octanol–water partition coefficient (Wildman–Crippen LogP) is 1.65. The summed E-state index contributed by atoms with van der Waals surface area (Å²) in [6.07, 6.45) is 0. The number of carbonyl (C=O) groups is 2. The van der Waals surface area contributed by atoms with Gasteiger partial charge in [0.25, 0.3) is 5.91 Å². The second-order valence-corrected chi connectivity index (χ2v) is 8.10. The summed E-state index contributed by atoms with van der Waals surface area (Å²) in [7, 11) is 1.86. The summed E-state index contributed by atoms with van der Waals surface area (Å²) in [4.78, 5) is 31.7. The number of rotatable bonds is 7. The van der Waals surface area contributed by atoms with Crippen molar-refractivity contribution >= 4 is 34.0 Å². The Morgan fingerprint density at radius 2 is 1.77 bits per heavy atom. The number of nitrogens with zero attached hydrogens (tertiary/aromatic N) is 1. The molecule has 162 valence electrons. The van der Waals surface area contributed by atoms with Gasteiger partial charge in [-0.1, -0.05) is 18.2 Å². The number of ketones is 1. The Bertz CT molecular complexity index is 1070. The second-order valence-electron chi connectivity index (χ2n) is 8.10. The van der Waals surface area contributed by atoms with Crippen LogP contribution < -0.4 is 15.1 Å². The molecule has 0 bridgehead atoms. The molecular formula is C24H29N4O3+. The van der Waals surface area contributed by atoms with Crippen molar-refractivity contribution in [1.29, 1.82) is 0 Å². The van der Waals surface area contributed by atoms with Gasteiger partial charge in [-0.25, -0.2) is 0 Å². The third-order valence-corrected chi connectivity index (χ3v) is 5.62. The molecule has 4 rings (SSSR count). The number of aryl methyl sites for hydroxylation is 1. The number of hydrogen-bond donors (Lipinski definition) is 3. The van der Waals surface area contributed by atoms with Gasteiger partial charge in [0, 0.05) is 41.1 Å². The van der Waals surface area contributed by atoms with Crippen molar-refractivity contribution in [2.45, 2.75) is 6.92 Å². The van der Waals surface area contributed by atoms with E-state index in [1.54, 1.807) is 0 Å². The number of quaternary nitrogens is 1. The van der Waals surface area contributed by atoms with Crippen LogP contribution in [0.3, 0.4) is 0 Å².